The molecule has 0 spiro atoms. The summed E-state index contributed by atoms with van der Waals surface area (Å²) in [5.41, 5.74) is 3.75. The molecule has 8 heteroatoms. The minimum Gasteiger partial charge on any atom is -0.497 e. The zero-order chi connectivity index (χ0) is 26.8. The number of likely N-dealkylation sites (N-methyl/N-ethyl adjacent to an activating group) is 1. The molecule has 38 heavy (non-hydrogen) atoms. The average Bonchev–Trinajstić information content (AvgIpc) is 3.31. The summed E-state index contributed by atoms with van der Waals surface area (Å²) in [6.45, 7) is 6.54. The number of amides is 3. The number of fused-ring (bicyclic) bond motifs is 3. The summed E-state index contributed by atoms with van der Waals surface area (Å²) < 4.78 is 17.1. The fourth-order valence-electron chi connectivity index (χ4n) is 5.54. The van der Waals surface area contributed by atoms with E-state index in [0.717, 1.165) is 34.4 Å². The summed E-state index contributed by atoms with van der Waals surface area (Å²) in [6.07, 6.45) is 3.57. The van der Waals surface area contributed by atoms with Gasteiger partial charge in [-0.05, 0) is 43.5 Å². The second-order valence-corrected chi connectivity index (χ2v) is 9.84. The van der Waals surface area contributed by atoms with E-state index in [4.69, 9.17) is 13.9 Å². The van der Waals surface area contributed by atoms with Gasteiger partial charge in [0, 0.05) is 54.8 Å². The van der Waals surface area contributed by atoms with Crippen LogP contribution in [0.4, 0.5) is 4.79 Å². The molecule has 0 N–H and O–H groups in total. The SMILES string of the molecule is CCN1CCN(C(=O)c2cc3ccccc3o2)CCCC2=C[C@H](C)c3c(cc(OC)cc3OC)CN2C1=O. The topological polar surface area (TPSA) is 75.5 Å². The highest BCUT2D eigenvalue weighted by atomic mass is 16.5. The van der Waals surface area contributed by atoms with Crippen molar-refractivity contribution in [2.45, 2.75) is 39.2 Å². The maximum absolute atomic E-state index is 13.9. The Morgan fingerprint density at radius 3 is 2.63 bits per heavy atom. The predicted octanol–water partition coefficient (Wildman–Crippen LogP) is 5.63. The van der Waals surface area contributed by atoms with Crippen LogP contribution >= 0.6 is 0 Å². The Kier molecular flexibility index (Phi) is 7.31. The van der Waals surface area contributed by atoms with Crippen molar-refractivity contribution in [3.8, 4) is 11.5 Å². The predicted molar refractivity (Wildman–Crippen MR) is 146 cm³/mol. The van der Waals surface area contributed by atoms with E-state index in [1.54, 1.807) is 20.3 Å². The third-order valence-corrected chi connectivity index (χ3v) is 7.54. The Morgan fingerprint density at radius 1 is 1.08 bits per heavy atom. The number of benzene rings is 2. The van der Waals surface area contributed by atoms with E-state index in [-0.39, 0.29) is 17.9 Å². The highest BCUT2D eigenvalue weighted by Gasteiger charge is 2.31. The Balaban J connectivity index is 1.45. The Labute approximate surface area is 223 Å². The second-order valence-electron chi connectivity index (χ2n) is 9.84. The standard InChI is InChI=1S/C30H35N3O5/c1-5-31-13-14-32(29(34)27-17-21-9-6-7-11-25(21)38-27)12-8-10-23-15-20(2)28-22(19-33(23)30(31)35)16-24(36-3)18-26(28)37-4/h6-7,9,11,15-18,20H,5,8,10,12-14,19H2,1-4H3/t20-/m0/s1. The second kappa shape index (κ2) is 10.8. The lowest BCUT2D eigenvalue weighted by Crippen LogP contribution is -2.47. The first kappa shape index (κ1) is 25.7. The van der Waals surface area contributed by atoms with Crippen LogP contribution in [-0.4, -0.2) is 67.0 Å². The van der Waals surface area contributed by atoms with Crippen molar-refractivity contribution in [2.75, 3.05) is 40.4 Å². The van der Waals surface area contributed by atoms with Gasteiger partial charge in [0.25, 0.3) is 5.91 Å². The Morgan fingerprint density at radius 2 is 1.89 bits per heavy atom. The fraction of sp³-hybridized carbons (Fsp3) is 0.400. The van der Waals surface area contributed by atoms with Crippen molar-refractivity contribution in [1.29, 1.82) is 0 Å². The molecule has 2 aromatic carbocycles. The first-order valence-corrected chi connectivity index (χ1v) is 13.2. The summed E-state index contributed by atoms with van der Waals surface area (Å²) in [5.74, 6) is 1.70. The summed E-state index contributed by atoms with van der Waals surface area (Å²) in [7, 11) is 3.30. The molecule has 0 unspecified atom stereocenters. The van der Waals surface area contributed by atoms with E-state index in [9.17, 15) is 9.59 Å². The largest absolute Gasteiger partial charge is 0.497 e. The van der Waals surface area contributed by atoms with E-state index in [0.29, 0.717) is 56.2 Å². The minimum absolute atomic E-state index is 0.0463. The number of carbonyl (C=O) groups is 2. The quantitative estimate of drug-likeness (QED) is 0.448. The van der Waals surface area contributed by atoms with Crippen LogP contribution < -0.4 is 9.47 Å². The van der Waals surface area contributed by atoms with Crippen LogP contribution in [-0.2, 0) is 6.54 Å². The molecule has 2 aliphatic rings. The van der Waals surface area contributed by atoms with Gasteiger partial charge in [-0.15, -0.1) is 0 Å². The van der Waals surface area contributed by atoms with Crippen LogP contribution in [0, 0.1) is 0 Å². The summed E-state index contributed by atoms with van der Waals surface area (Å²) in [4.78, 5) is 32.9. The molecule has 2 aliphatic heterocycles. The smallest absolute Gasteiger partial charge is 0.324 e. The van der Waals surface area contributed by atoms with Crippen LogP contribution in [0.3, 0.4) is 0 Å². The van der Waals surface area contributed by atoms with E-state index < -0.39 is 0 Å². The van der Waals surface area contributed by atoms with Crippen molar-refractivity contribution in [1.82, 2.24) is 14.7 Å². The van der Waals surface area contributed by atoms with Crippen molar-refractivity contribution in [3.05, 3.63) is 71.1 Å². The van der Waals surface area contributed by atoms with Crippen molar-refractivity contribution in [3.63, 3.8) is 0 Å². The number of hydrogen-bond donors (Lipinski definition) is 0. The van der Waals surface area contributed by atoms with Crippen molar-refractivity contribution >= 4 is 22.9 Å². The Hall–Kier alpha value is -3.94. The highest BCUT2D eigenvalue weighted by molar-refractivity contribution is 5.96. The number of furan rings is 1. The van der Waals surface area contributed by atoms with Gasteiger partial charge in [-0.2, -0.15) is 0 Å². The summed E-state index contributed by atoms with van der Waals surface area (Å²) in [6, 6.07) is 13.3. The zero-order valence-corrected chi connectivity index (χ0v) is 22.5. The fourth-order valence-corrected chi connectivity index (χ4v) is 5.54. The number of ether oxygens (including phenoxy) is 2. The van der Waals surface area contributed by atoms with Gasteiger partial charge in [0.15, 0.2) is 5.76 Å². The van der Waals surface area contributed by atoms with Gasteiger partial charge in [0.1, 0.15) is 17.1 Å². The summed E-state index contributed by atoms with van der Waals surface area (Å²) in [5, 5.41) is 0.905. The number of rotatable bonds is 4. The number of carbonyl (C=O) groups excluding carboxylic acids is 2. The molecule has 1 fully saturated rings. The number of hydrogen-bond acceptors (Lipinski definition) is 5. The van der Waals surface area contributed by atoms with Gasteiger partial charge in [-0.25, -0.2) is 4.79 Å². The molecule has 3 heterocycles. The van der Waals surface area contributed by atoms with Crippen LogP contribution in [0.2, 0.25) is 0 Å². The van der Waals surface area contributed by atoms with Gasteiger partial charge >= 0.3 is 6.03 Å². The Bertz CT molecular complexity index is 1340. The lowest BCUT2D eigenvalue weighted by Gasteiger charge is -2.34. The maximum atomic E-state index is 13.9. The number of urea groups is 1. The third-order valence-electron chi connectivity index (χ3n) is 7.54. The zero-order valence-electron chi connectivity index (χ0n) is 22.5. The van der Waals surface area contributed by atoms with Crippen molar-refractivity contribution in [2.24, 2.45) is 0 Å². The average molecular weight is 518 g/mol. The third kappa shape index (κ3) is 4.83. The van der Waals surface area contributed by atoms with Gasteiger partial charge in [0.2, 0.25) is 0 Å². The molecule has 0 saturated carbocycles. The molecule has 0 bridgehead atoms. The lowest BCUT2D eigenvalue weighted by molar-refractivity contribution is 0.0697. The normalized spacial score (nSPS) is 18.4. The highest BCUT2D eigenvalue weighted by Crippen LogP contribution is 2.40. The maximum Gasteiger partial charge on any atom is 0.324 e. The van der Waals surface area contributed by atoms with E-state index in [1.807, 2.05) is 58.0 Å². The van der Waals surface area contributed by atoms with Crippen LogP contribution in [0.15, 0.2) is 58.7 Å². The van der Waals surface area contributed by atoms with E-state index in [1.165, 1.54) is 0 Å². The molecule has 1 saturated heterocycles. The number of para-hydroxylation sites is 1. The first-order valence-electron chi connectivity index (χ1n) is 13.2. The lowest BCUT2D eigenvalue weighted by atomic mass is 9.94. The molecule has 200 valence electrons. The first-order chi connectivity index (χ1) is 18.4. The number of methoxy groups -OCH3 is 2. The molecule has 0 aliphatic carbocycles. The molecule has 3 aromatic rings. The molecule has 3 amide bonds. The minimum atomic E-state index is -0.144. The molecular formula is C30H35N3O5. The monoisotopic (exact) mass is 517 g/mol. The van der Waals surface area contributed by atoms with Gasteiger partial charge in [0.05, 0.1) is 20.8 Å². The molecule has 1 aromatic heterocycles. The molecule has 1 atom stereocenters. The summed E-state index contributed by atoms with van der Waals surface area (Å²) >= 11 is 0. The van der Waals surface area contributed by atoms with Crippen LogP contribution in [0.5, 0.6) is 11.5 Å². The van der Waals surface area contributed by atoms with Crippen molar-refractivity contribution < 1.29 is 23.5 Å². The van der Waals surface area contributed by atoms with Gasteiger partial charge in [-0.3, -0.25) is 9.69 Å². The number of nitrogens with zero attached hydrogens (tertiary/aromatic N) is 3. The van der Waals surface area contributed by atoms with Crippen LogP contribution in [0.1, 0.15) is 54.3 Å². The van der Waals surface area contributed by atoms with E-state index >= 15 is 0 Å². The molecule has 0 radical (unpaired) electrons. The number of allylic oxidation sites excluding steroid dienone is 2. The van der Waals surface area contributed by atoms with Crippen LogP contribution in [0.25, 0.3) is 11.0 Å². The molecule has 8 nitrogen and oxygen atoms in total. The molecule has 5 rings (SSSR count). The van der Waals surface area contributed by atoms with E-state index in [2.05, 4.69) is 13.0 Å². The van der Waals surface area contributed by atoms with Gasteiger partial charge in [-0.1, -0.05) is 31.2 Å². The molecular weight excluding hydrogens is 482 g/mol. The van der Waals surface area contributed by atoms with Gasteiger partial charge < -0.3 is 23.7 Å².